The van der Waals surface area contributed by atoms with Gasteiger partial charge in [-0.15, -0.1) is 0 Å². The number of hydrogen-bond acceptors (Lipinski definition) is 4. The van der Waals surface area contributed by atoms with Gasteiger partial charge in [0.15, 0.2) is 11.6 Å². The Morgan fingerprint density at radius 3 is 2.64 bits per heavy atom. The number of benzene rings is 1. The van der Waals surface area contributed by atoms with Crippen LogP contribution >= 0.6 is 0 Å². The first-order valence-electron chi connectivity index (χ1n) is 3.89. The summed E-state index contributed by atoms with van der Waals surface area (Å²) in [7, 11) is 1.27. The van der Waals surface area contributed by atoms with E-state index >= 15 is 0 Å². The molecule has 0 saturated carbocycles. The zero-order chi connectivity index (χ0) is 10.6. The lowest BCUT2D eigenvalue weighted by Gasteiger charge is -2.08. The molecule has 4 N–H and O–H groups in total. The van der Waals surface area contributed by atoms with Gasteiger partial charge in [-0.25, -0.2) is 14.2 Å². The quantitative estimate of drug-likeness (QED) is 0.385. The Bertz CT molecular complexity index is 320. The maximum Gasteiger partial charge on any atom is 0.167 e. The molecule has 0 aliphatic heterocycles. The SMILES string of the molecule is COc1cc(F)c(NCNN)cc1F. The molecule has 0 radical (unpaired) electrons. The van der Waals surface area contributed by atoms with Gasteiger partial charge in [0.2, 0.25) is 0 Å². The van der Waals surface area contributed by atoms with Crippen molar-refractivity contribution in [3.63, 3.8) is 0 Å². The van der Waals surface area contributed by atoms with E-state index in [1.165, 1.54) is 7.11 Å². The standard InChI is InChI=1S/C8H11F2N3O/c1-14-8-3-5(9)7(2-6(8)10)12-4-13-11/h2-3,12-13H,4,11H2,1H3. The first-order valence-corrected chi connectivity index (χ1v) is 3.89. The number of halogens is 2. The van der Waals surface area contributed by atoms with Crippen LogP contribution in [0, 0.1) is 11.6 Å². The van der Waals surface area contributed by atoms with Gasteiger partial charge in [0.25, 0.3) is 0 Å². The van der Waals surface area contributed by atoms with Crippen LogP contribution in [0.2, 0.25) is 0 Å². The third-order valence-corrected chi connectivity index (χ3v) is 1.62. The fraction of sp³-hybridized carbons (Fsp3) is 0.250. The van der Waals surface area contributed by atoms with E-state index in [9.17, 15) is 8.78 Å². The van der Waals surface area contributed by atoms with Gasteiger partial charge >= 0.3 is 0 Å². The van der Waals surface area contributed by atoms with E-state index in [-0.39, 0.29) is 18.1 Å². The minimum Gasteiger partial charge on any atom is -0.494 e. The number of methoxy groups -OCH3 is 1. The molecule has 1 rings (SSSR count). The molecule has 0 aliphatic carbocycles. The predicted molar refractivity (Wildman–Crippen MR) is 48.7 cm³/mol. The van der Waals surface area contributed by atoms with Gasteiger partial charge in [-0.05, 0) is 0 Å². The summed E-state index contributed by atoms with van der Waals surface area (Å²) in [5.74, 6) is 3.61. The zero-order valence-electron chi connectivity index (χ0n) is 7.60. The summed E-state index contributed by atoms with van der Waals surface area (Å²) in [6.45, 7) is 0.142. The molecule has 0 bridgehead atoms. The Kier molecular flexibility index (Phi) is 3.61. The third kappa shape index (κ3) is 2.30. The molecule has 78 valence electrons. The molecule has 0 saturated heterocycles. The second-order valence-corrected chi connectivity index (χ2v) is 2.52. The lowest BCUT2D eigenvalue weighted by molar-refractivity contribution is 0.383. The number of hydrogen-bond donors (Lipinski definition) is 3. The normalized spacial score (nSPS) is 10.0. The molecular formula is C8H11F2N3O. The summed E-state index contributed by atoms with van der Waals surface area (Å²) in [6, 6.07) is 1.97. The number of hydrazine groups is 1. The van der Waals surface area contributed by atoms with Crippen LogP contribution in [0.1, 0.15) is 0 Å². The first kappa shape index (κ1) is 10.7. The highest BCUT2D eigenvalue weighted by molar-refractivity contribution is 5.48. The maximum absolute atomic E-state index is 13.2. The van der Waals surface area contributed by atoms with Gasteiger partial charge in [0, 0.05) is 12.1 Å². The van der Waals surface area contributed by atoms with Crippen molar-refractivity contribution in [1.29, 1.82) is 0 Å². The van der Waals surface area contributed by atoms with Crippen molar-refractivity contribution < 1.29 is 13.5 Å². The molecule has 1 aromatic carbocycles. The third-order valence-electron chi connectivity index (χ3n) is 1.62. The van der Waals surface area contributed by atoms with Gasteiger partial charge in [-0.2, -0.15) is 0 Å². The lowest BCUT2D eigenvalue weighted by atomic mass is 10.2. The summed E-state index contributed by atoms with van der Waals surface area (Å²) in [5, 5.41) is 2.55. The molecule has 0 aliphatic rings. The van der Waals surface area contributed by atoms with Crippen LogP contribution in [0.3, 0.4) is 0 Å². The van der Waals surface area contributed by atoms with Gasteiger partial charge in [0.1, 0.15) is 5.82 Å². The second kappa shape index (κ2) is 4.73. The highest BCUT2D eigenvalue weighted by Crippen LogP contribution is 2.24. The fourth-order valence-corrected chi connectivity index (χ4v) is 0.967. The van der Waals surface area contributed by atoms with Crippen LogP contribution in [0.5, 0.6) is 5.75 Å². The van der Waals surface area contributed by atoms with E-state index in [0.717, 1.165) is 12.1 Å². The van der Waals surface area contributed by atoms with Crippen LogP contribution in [0.15, 0.2) is 12.1 Å². The van der Waals surface area contributed by atoms with Crippen molar-refractivity contribution in [2.24, 2.45) is 5.84 Å². The van der Waals surface area contributed by atoms with Crippen LogP contribution in [-0.2, 0) is 0 Å². The Morgan fingerprint density at radius 1 is 1.36 bits per heavy atom. The molecule has 0 heterocycles. The molecule has 4 nitrogen and oxygen atoms in total. The molecule has 0 amide bonds. The zero-order valence-corrected chi connectivity index (χ0v) is 7.60. The van der Waals surface area contributed by atoms with Crippen molar-refractivity contribution in [2.75, 3.05) is 19.1 Å². The van der Waals surface area contributed by atoms with E-state index in [1.54, 1.807) is 0 Å². The second-order valence-electron chi connectivity index (χ2n) is 2.52. The van der Waals surface area contributed by atoms with Crippen LogP contribution < -0.4 is 21.3 Å². The van der Waals surface area contributed by atoms with Crippen LogP contribution in [0.25, 0.3) is 0 Å². The highest BCUT2D eigenvalue weighted by atomic mass is 19.1. The molecule has 14 heavy (non-hydrogen) atoms. The highest BCUT2D eigenvalue weighted by Gasteiger charge is 2.09. The van der Waals surface area contributed by atoms with Crippen molar-refractivity contribution in [2.45, 2.75) is 0 Å². The minimum absolute atomic E-state index is 0.0289. The Labute approximate surface area is 80.0 Å². The summed E-state index contributed by atoms with van der Waals surface area (Å²) < 4.78 is 30.8. The van der Waals surface area contributed by atoms with Crippen LogP contribution in [-0.4, -0.2) is 13.8 Å². The molecule has 0 atom stereocenters. The summed E-state index contributed by atoms with van der Waals surface area (Å²) >= 11 is 0. The van der Waals surface area contributed by atoms with E-state index in [4.69, 9.17) is 5.84 Å². The number of nitrogens with two attached hydrogens (primary N) is 1. The smallest absolute Gasteiger partial charge is 0.167 e. The number of nitrogens with one attached hydrogen (secondary N) is 2. The Balaban J connectivity index is 2.90. The topological polar surface area (TPSA) is 59.3 Å². The molecule has 6 heteroatoms. The van der Waals surface area contributed by atoms with E-state index in [0.29, 0.717) is 0 Å². The van der Waals surface area contributed by atoms with E-state index in [1.807, 2.05) is 0 Å². The maximum atomic E-state index is 13.2. The monoisotopic (exact) mass is 203 g/mol. The summed E-state index contributed by atoms with van der Waals surface area (Å²) in [6.07, 6.45) is 0. The number of rotatable bonds is 4. The largest absolute Gasteiger partial charge is 0.494 e. The molecule has 0 spiro atoms. The van der Waals surface area contributed by atoms with Crippen molar-refractivity contribution in [3.05, 3.63) is 23.8 Å². The Morgan fingerprint density at radius 2 is 2.07 bits per heavy atom. The molecule has 0 aromatic heterocycles. The van der Waals surface area contributed by atoms with Gasteiger partial charge in [-0.1, -0.05) is 0 Å². The summed E-state index contributed by atoms with van der Waals surface area (Å²) in [4.78, 5) is 0. The lowest BCUT2D eigenvalue weighted by Crippen LogP contribution is -2.28. The van der Waals surface area contributed by atoms with Crippen molar-refractivity contribution in [1.82, 2.24) is 5.43 Å². The van der Waals surface area contributed by atoms with Gasteiger partial charge in [-0.3, -0.25) is 5.84 Å². The number of anilines is 1. The molecule has 1 aromatic rings. The predicted octanol–water partition coefficient (Wildman–Crippen LogP) is 0.806. The van der Waals surface area contributed by atoms with Gasteiger partial charge in [0.05, 0.1) is 19.5 Å². The van der Waals surface area contributed by atoms with Crippen molar-refractivity contribution >= 4 is 5.69 Å². The fourth-order valence-electron chi connectivity index (χ4n) is 0.967. The summed E-state index contributed by atoms with van der Waals surface area (Å²) in [5.41, 5.74) is 2.29. The van der Waals surface area contributed by atoms with Gasteiger partial charge < -0.3 is 10.1 Å². The average molecular weight is 203 g/mol. The van der Waals surface area contributed by atoms with E-state index < -0.39 is 11.6 Å². The number of ether oxygens (including phenoxy) is 1. The molecular weight excluding hydrogens is 192 g/mol. The average Bonchev–Trinajstić information content (AvgIpc) is 2.18. The Hall–Kier alpha value is -1.40. The molecule has 0 fully saturated rings. The molecule has 0 unspecified atom stereocenters. The van der Waals surface area contributed by atoms with E-state index in [2.05, 4.69) is 15.5 Å². The van der Waals surface area contributed by atoms with Crippen molar-refractivity contribution in [3.8, 4) is 5.75 Å². The van der Waals surface area contributed by atoms with Crippen LogP contribution in [0.4, 0.5) is 14.5 Å². The first-order chi connectivity index (χ1) is 6.69. The minimum atomic E-state index is -0.631.